The summed E-state index contributed by atoms with van der Waals surface area (Å²) in [5.74, 6) is 1.64. The minimum atomic E-state index is 0.208. The van der Waals surface area contributed by atoms with Crippen molar-refractivity contribution in [1.29, 1.82) is 0 Å². The molecular weight excluding hydrogens is 218 g/mol. The normalized spacial score (nSPS) is 12.2. The van der Waals surface area contributed by atoms with Crippen molar-refractivity contribution in [1.82, 2.24) is 5.32 Å². The summed E-state index contributed by atoms with van der Waals surface area (Å²) in [4.78, 5) is 0. The van der Waals surface area contributed by atoms with Crippen LogP contribution in [0, 0.1) is 0 Å². The molecule has 1 unspecified atom stereocenters. The minimum absolute atomic E-state index is 0.208. The highest BCUT2D eigenvalue weighted by Crippen LogP contribution is 2.24. The summed E-state index contributed by atoms with van der Waals surface area (Å²) in [5.41, 5.74) is 1.11. The second-order valence-corrected chi connectivity index (χ2v) is 3.85. The van der Waals surface area contributed by atoms with E-state index in [1.807, 2.05) is 25.1 Å². The van der Waals surface area contributed by atoms with Gasteiger partial charge in [0.15, 0.2) is 0 Å². The maximum atomic E-state index is 5.32. The molecule has 96 valence electrons. The Morgan fingerprint density at radius 3 is 2.53 bits per heavy atom. The SMILES string of the molecule is COc1ccc(CNCC(C)OC)c(OC)c1. The molecule has 1 atom stereocenters. The fourth-order valence-electron chi connectivity index (χ4n) is 1.49. The molecule has 0 aliphatic heterocycles. The lowest BCUT2D eigenvalue weighted by Crippen LogP contribution is -2.25. The quantitative estimate of drug-likeness (QED) is 0.788. The van der Waals surface area contributed by atoms with Crippen molar-refractivity contribution in [2.24, 2.45) is 0 Å². The van der Waals surface area contributed by atoms with Crippen LogP contribution in [0.1, 0.15) is 12.5 Å². The summed E-state index contributed by atoms with van der Waals surface area (Å²) in [6.07, 6.45) is 0.208. The number of benzene rings is 1. The molecule has 1 rings (SSSR count). The lowest BCUT2D eigenvalue weighted by molar-refractivity contribution is 0.117. The summed E-state index contributed by atoms with van der Waals surface area (Å²) in [6.45, 7) is 3.59. The van der Waals surface area contributed by atoms with Gasteiger partial charge in [0.25, 0.3) is 0 Å². The lowest BCUT2D eigenvalue weighted by Gasteiger charge is -2.13. The first-order chi connectivity index (χ1) is 8.21. The van der Waals surface area contributed by atoms with E-state index < -0.39 is 0 Å². The topological polar surface area (TPSA) is 39.7 Å². The van der Waals surface area contributed by atoms with Crippen molar-refractivity contribution >= 4 is 0 Å². The van der Waals surface area contributed by atoms with Gasteiger partial charge in [0.1, 0.15) is 11.5 Å². The van der Waals surface area contributed by atoms with Crippen molar-refractivity contribution in [3.8, 4) is 11.5 Å². The van der Waals surface area contributed by atoms with E-state index in [0.717, 1.165) is 30.2 Å². The zero-order valence-electron chi connectivity index (χ0n) is 10.9. The van der Waals surface area contributed by atoms with Crippen LogP contribution in [0.5, 0.6) is 11.5 Å². The Labute approximate surface area is 103 Å². The summed E-state index contributed by atoms with van der Waals surface area (Å²) in [5, 5.41) is 3.32. The smallest absolute Gasteiger partial charge is 0.127 e. The lowest BCUT2D eigenvalue weighted by atomic mass is 10.2. The van der Waals surface area contributed by atoms with Crippen molar-refractivity contribution in [2.75, 3.05) is 27.9 Å². The Bertz CT molecular complexity index is 341. The van der Waals surface area contributed by atoms with Crippen LogP contribution >= 0.6 is 0 Å². The van der Waals surface area contributed by atoms with Crippen LogP contribution in [-0.4, -0.2) is 34.0 Å². The molecule has 0 aromatic heterocycles. The van der Waals surface area contributed by atoms with Gasteiger partial charge in [-0.15, -0.1) is 0 Å². The first-order valence-corrected chi connectivity index (χ1v) is 5.65. The van der Waals surface area contributed by atoms with Gasteiger partial charge in [-0.3, -0.25) is 0 Å². The highest BCUT2D eigenvalue weighted by molar-refractivity contribution is 5.40. The maximum absolute atomic E-state index is 5.32. The van der Waals surface area contributed by atoms with Crippen molar-refractivity contribution in [3.05, 3.63) is 23.8 Å². The molecule has 4 nitrogen and oxygen atoms in total. The van der Waals surface area contributed by atoms with Crippen LogP contribution in [-0.2, 0) is 11.3 Å². The third-order valence-corrected chi connectivity index (χ3v) is 2.64. The van der Waals surface area contributed by atoms with Gasteiger partial charge >= 0.3 is 0 Å². The number of hydrogen-bond acceptors (Lipinski definition) is 4. The zero-order valence-corrected chi connectivity index (χ0v) is 10.9. The van der Waals surface area contributed by atoms with E-state index in [4.69, 9.17) is 14.2 Å². The molecule has 0 aliphatic carbocycles. The van der Waals surface area contributed by atoms with Crippen LogP contribution in [0.3, 0.4) is 0 Å². The highest BCUT2D eigenvalue weighted by Gasteiger charge is 2.05. The van der Waals surface area contributed by atoms with Gasteiger partial charge in [0, 0.05) is 31.8 Å². The molecule has 0 saturated carbocycles. The zero-order chi connectivity index (χ0) is 12.7. The van der Waals surface area contributed by atoms with Gasteiger partial charge in [-0.25, -0.2) is 0 Å². The van der Waals surface area contributed by atoms with E-state index in [1.54, 1.807) is 21.3 Å². The molecule has 0 saturated heterocycles. The Kier molecular flexibility index (Phi) is 5.80. The minimum Gasteiger partial charge on any atom is -0.497 e. The first-order valence-electron chi connectivity index (χ1n) is 5.65. The fraction of sp³-hybridized carbons (Fsp3) is 0.538. The third-order valence-electron chi connectivity index (χ3n) is 2.64. The van der Waals surface area contributed by atoms with Crippen LogP contribution in [0.2, 0.25) is 0 Å². The standard InChI is InChI=1S/C13H21NO3/c1-10(15-2)8-14-9-11-5-6-12(16-3)7-13(11)17-4/h5-7,10,14H,8-9H2,1-4H3. The van der Waals surface area contributed by atoms with E-state index in [9.17, 15) is 0 Å². The first kappa shape index (κ1) is 13.8. The average molecular weight is 239 g/mol. The maximum Gasteiger partial charge on any atom is 0.127 e. The van der Waals surface area contributed by atoms with E-state index in [0.29, 0.717) is 0 Å². The van der Waals surface area contributed by atoms with Crippen LogP contribution in [0.25, 0.3) is 0 Å². The molecule has 0 bridgehead atoms. The number of nitrogens with one attached hydrogen (secondary N) is 1. The van der Waals surface area contributed by atoms with Crippen LogP contribution in [0.4, 0.5) is 0 Å². The van der Waals surface area contributed by atoms with Crippen molar-refractivity contribution < 1.29 is 14.2 Å². The van der Waals surface area contributed by atoms with E-state index in [1.165, 1.54) is 0 Å². The van der Waals surface area contributed by atoms with Gasteiger partial charge < -0.3 is 19.5 Å². The Morgan fingerprint density at radius 2 is 1.94 bits per heavy atom. The predicted molar refractivity (Wildman–Crippen MR) is 67.7 cm³/mol. The number of ether oxygens (including phenoxy) is 3. The van der Waals surface area contributed by atoms with Gasteiger partial charge in [0.05, 0.1) is 20.3 Å². The average Bonchev–Trinajstić information content (AvgIpc) is 2.38. The fourth-order valence-corrected chi connectivity index (χ4v) is 1.49. The van der Waals surface area contributed by atoms with Crippen LogP contribution in [0.15, 0.2) is 18.2 Å². The molecule has 0 spiro atoms. The molecule has 1 aromatic carbocycles. The van der Waals surface area contributed by atoms with Gasteiger partial charge in [0.2, 0.25) is 0 Å². The molecular formula is C13H21NO3. The largest absolute Gasteiger partial charge is 0.497 e. The van der Waals surface area contributed by atoms with Gasteiger partial charge in [-0.2, -0.15) is 0 Å². The van der Waals surface area contributed by atoms with Crippen LogP contribution < -0.4 is 14.8 Å². The number of hydrogen-bond donors (Lipinski definition) is 1. The molecule has 0 aliphatic rings. The molecule has 4 heteroatoms. The van der Waals surface area contributed by atoms with E-state index >= 15 is 0 Å². The summed E-state index contributed by atoms with van der Waals surface area (Å²) in [7, 11) is 5.02. The van der Waals surface area contributed by atoms with Gasteiger partial charge in [-0.1, -0.05) is 6.07 Å². The third kappa shape index (κ3) is 4.24. The molecule has 1 N–H and O–H groups in total. The Morgan fingerprint density at radius 1 is 1.18 bits per heavy atom. The number of methoxy groups -OCH3 is 3. The number of rotatable bonds is 7. The predicted octanol–water partition coefficient (Wildman–Crippen LogP) is 1.83. The summed E-state index contributed by atoms with van der Waals surface area (Å²) < 4.78 is 15.6. The molecule has 1 aromatic rings. The Balaban J connectivity index is 2.58. The molecule has 0 radical (unpaired) electrons. The Hall–Kier alpha value is -1.26. The summed E-state index contributed by atoms with van der Waals surface area (Å²) >= 11 is 0. The van der Waals surface area contributed by atoms with Crippen molar-refractivity contribution in [3.63, 3.8) is 0 Å². The van der Waals surface area contributed by atoms with E-state index in [2.05, 4.69) is 5.32 Å². The monoisotopic (exact) mass is 239 g/mol. The molecule has 0 fully saturated rings. The highest BCUT2D eigenvalue weighted by atomic mass is 16.5. The summed E-state index contributed by atoms with van der Waals surface area (Å²) in [6, 6.07) is 5.82. The van der Waals surface area contributed by atoms with Gasteiger partial charge in [-0.05, 0) is 13.0 Å². The molecule has 17 heavy (non-hydrogen) atoms. The van der Waals surface area contributed by atoms with E-state index in [-0.39, 0.29) is 6.10 Å². The molecule has 0 amide bonds. The van der Waals surface area contributed by atoms with Crippen molar-refractivity contribution in [2.45, 2.75) is 19.6 Å². The second kappa shape index (κ2) is 7.14. The molecule has 0 heterocycles. The second-order valence-electron chi connectivity index (χ2n) is 3.85.